The van der Waals surface area contributed by atoms with E-state index < -0.39 is 12.2 Å². The van der Waals surface area contributed by atoms with E-state index in [9.17, 15) is 19.8 Å². The van der Waals surface area contributed by atoms with Gasteiger partial charge in [0.05, 0.1) is 17.7 Å². The molecule has 204 valence electrons. The van der Waals surface area contributed by atoms with Crippen molar-refractivity contribution in [3.05, 3.63) is 35.9 Å². The van der Waals surface area contributed by atoms with Crippen molar-refractivity contribution < 1.29 is 19.8 Å². The number of hydrogen-bond acceptors (Lipinski definition) is 4. The van der Waals surface area contributed by atoms with Crippen LogP contribution in [0.25, 0.3) is 0 Å². The summed E-state index contributed by atoms with van der Waals surface area (Å²) in [6, 6.07) is 11.0. The van der Waals surface area contributed by atoms with Gasteiger partial charge in [-0.15, -0.1) is 0 Å². The lowest BCUT2D eigenvalue weighted by molar-refractivity contribution is -0.131. The summed E-state index contributed by atoms with van der Waals surface area (Å²) in [5.74, 6) is 0.955. The van der Waals surface area contributed by atoms with Gasteiger partial charge in [0.1, 0.15) is 6.54 Å². The molecule has 2 saturated heterocycles. The quantitative estimate of drug-likeness (QED) is 0.557. The Bertz CT molecular complexity index is 947. The van der Waals surface area contributed by atoms with Crippen LogP contribution in [0.1, 0.15) is 77.2 Å². The largest absolute Gasteiger partial charge is 0.388 e. The zero-order valence-corrected chi connectivity index (χ0v) is 22.6. The maximum atomic E-state index is 13.8. The van der Waals surface area contributed by atoms with Crippen molar-refractivity contribution in [1.29, 1.82) is 0 Å². The van der Waals surface area contributed by atoms with Crippen LogP contribution in [-0.2, 0) is 10.2 Å². The number of likely N-dealkylation sites (tertiary alicyclic amines) is 1. The second-order valence-electron chi connectivity index (χ2n) is 12.4. The molecule has 4 aliphatic rings. The lowest BCUT2D eigenvalue weighted by Crippen LogP contribution is -2.55. The summed E-state index contributed by atoms with van der Waals surface area (Å²) in [6.07, 6.45) is 8.19. The second-order valence-corrected chi connectivity index (χ2v) is 12.4. The number of benzene rings is 1. The molecule has 3 amide bonds. The van der Waals surface area contributed by atoms with Crippen molar-refractivity contribution >= 4 is 11.9 Å². The van der Waals surface area contributed by atoms with Gasteiger partial charge >= 0.3 is 6.03 Å². The molecule has 2 aliphatic heterocycles. The zero-order chi connectivity index (χ0) is 26.2. The van der Waals surface area contributed by atoms with Gasteiger partial charge in [0.2, 0.25) is 5.91 Å². The van der Waals surface area contributed by atoms with Crippen LogP contribution in [0.15, 0.2) is 30.3 Å². The van der Waals surface area contributed by atoms with E-state index in [0.29, 0.717) is 18.4 Å². The van der Waals surface area contributed by atoms with Gasteiger partial charge in [-0.1, -0.05) is 63.4 Å². The van der Waals surface area contributed by atoms with Crippen LogP contribution in [0.4, 0.5) is 4.79 Å². The highest BCUT2D eigenvalue weighted by Crippen LogP contribution is 2.52. The van der Waals surface area contributed by atoms with Crippen molar-refractivity contribution in [3.63, 3.8) is 0 Å². The lowest BCUT2D eigenvalue weighted by atomic mass is 9.58. The highest BCUT2D eigenvalue weighted by atomic mass is 16.3. The van der Waals surface area contributed by atoms with Crippen molar-refractivity contribution in [1.82, 2.24) is 14.7 Å². The second kappa shape index (κ2) is 10.6. The fourth-order valence-electron chi connectivity index (χ4n) is 7.58. The minimum absolute atomic E-state index is 0.00522. The van der Waals surface area contributed by atoms with Crippen LogP contribution in [-0.4, -0.2) is 87.3 Å². The molecule has 7 nitrogen and oxygen atoms in total. The molecule has 0 radical (unpaired) electrons. The predicted molar refractivity (Wildman–Crippen MR) is 143 cm³/mol. The van der Waals surface area contributed by atoms with Gasteiger partial charge in [-0.05, 0) is 61.3 Å². The molecule has 1 aromatic rings. The number of carbonyl (C=O) groups excluding carboxylic acids is 2. The maximum Gasteiger partial charge on any atom is 0.321 e. The van der Waals surface area contributed by atoms with E-state index in [-0.39, 0.29) is 42.5 Å². The van der Waals surface area contributed by atoms with Crippen LogP contribution in [0.2, 0.25) is 0 Å². The maximum absolute atomic E-state index is 13.8. The van der Waals surface area contributed by atoms with E-state index in [1.807, 2.05) is 0 Å². The number of aliphatic hydroxyl groups is 2. The number of rotatable bonds is 8. The van der Waals surface area contributed by atoms with E-state index in [0.717, 1.165) is 32.2 Å². The monoisotopic (exact) mass is 511 g/mol. The standard InChI is InChI=1S/C30H45N3O4/c1-3-8-22(2)30(24-11-5-4-6-12-24)15-13-29(14-16-30)21-32(28(37)33(29)17-23-9-7-10-23)20-27(36)31-18-25(34)26(35)19-31/h4-6,11-12,22-23,25-26,34-35H,3,7-10,13-21H2,1-2H3/t22?,25-,26-,29?,30?/m0/s1. The van der Waals surface area contributed by atoms with E-state index in [1.165, 1.54) is 42.6 Å². The molecule has 5 rings (SSSR count). The van der Waals surface area contributed by atoms with Crippen molar-refractivity contribution in [2.45, 2.75) is 94.8 Å². The smallest absolute Gasteiger partial charge is 0.321 e. The first-order chi connectivity index (χ1) is 17.8. The number of aliphatic hydroxyl groups excluding tert-OH is 2. The number of amides is 3. The molecule has 1 unspecified atom stereocenters. The van der Waals surface area contributed by atoms with Crippen LogP contribution >= 0.6 is 0 Å². The van der Waals surface area contributed by atoms with Gasteiger partial charge in [0.25, 0.3) is 0 Å². The first kappa shape index (κ1) is 26.5. The summed E-state index contributed by atoms with van der Waals surface area (Å²) < 4.78 is 0. The van der Waals surface area contributed by atoms with Gasteiger partial charge in [-0.25, -0.2) is 4.79 Å². The summed E-state index contributed by atoms with van der Waals surface area (Å²) in [5, 5.41) is 19.8. The summed E-state index contributed by atoms with van der Waals surface area (Å²) in [5.41, 5.74) is 1.33. The Balaban J connectivity index is 1.36. The van der Waals surface area contributed by atoms with Crippen molar-refractivity contribution in [2.24, 2.45) is 11.8 Å². The molecule has 0 aromatic heterocycles. The lowest BCUT2D eigenvalue weighted by Gasteiger charge is -2.51. The molecule has 2 heterocycles. The molecule has 4 fully saturated rings. The Hall–Kier alpha value is -2.12. The molecule has 2 N–H and O–H groups in total. The average molecular weight is 512 g/mol. The van der Waals surface area contributed by atoms with Gasteiger partial charge in [0.15, 0.2) is 0 Å². The number of hydrogen-bond donors (Lipinski definition) is 2. The van der Waals surface area contributed by atoms with Gasteiger partial charge in [0, 0.05) is 26.2 Å². The molecule has 1 spiro atoms. The molecule has 37 heavy (non-hydrogen) atoms. The fourth-order valence-corrected chi connectivity index (χ4v) is 7.58. The SMILES string of the molecule is CCCC(C)C1(c2ccccc2)CCC2(CC1)CN(CC(=O)N1C[C@H](O)[C@@H](O)C1)C(=O)N2CC1CCC1. The van der Waals surface area contributed by atoms with E-state index in [2.05, 4.69) is 49.1 Å². The molecule has 7 heteroatoms. The highest BCUT2D eigenvalue weighted by molar-refractivity contribution is 5.86. The Morgan fingerprint density at radius 2 is 1.70 bits per heavy atom. The Kier molecular flexibility index (Phi) is 7.56. The third-order valence-corrected chi connectivity index (χ3v) is 10.2. The van der Waals surface area contributed by atoms with Crippen LogP contribution < -0.4 is 0 Å². The van der Waals surface area contributed by atoms with Crippen molar-refractivity contribution in [2.75, 3.05) is 32.7 Å². The fraction of sp³-hybridized carbons (Fsp3) is 0.733. The van der Waals surface area contributed by atoms with E-state index in [4.69, 9.17) is 0 Å². The number of nitrogens with zero attached hydrogens (tertiary/aromatic N) is 3. The molecule has 0 bridgehead atoms. The highest BCUT2D eigenvalue weighted by Gasteiger charge is 2.55. The molecule has 2 saturated carbocycles. The first-order valence-corrected chi connectivity index (χ1v) is 14.5. The summed E-state index contributed by atoms with van der Waals surface area (Å²) >= 11 is 0. The van der Waals surface area contributed by atoms with Gasteiger partial charge in [-0.3, -0.25) is 4.79 Å². The van der Waals surface area contributed by atoms with Gasteiger partial charge < -0.3 is 24.9 Å². The number of urea groups is 1. The first-order valence-electron chi connectivity index (χ1n) is 14.5. The Morgan fingerprint density at radius 1 is 1.05 bits per heavy atom. The number of carbonyl (C=O) groups is 2. The minimum Gasteiger partial charge on any atom is -0.388 e. The van der Waals surface area contributed by atoms with E-state index in [1.54, 1.807) is 4.90 Å². The molecule has 2 aliphatic carbocycles. The Morgan fingerprint density at radius 3 is 2.27 bits per heavy atom. The molecular formula is C30H45N3O4. The Labute approximate surface area is 221 Å². The average Bonchev–Trinajstić information content (AvgIpc) is 3.33. The predicted octanol–water partition coefficient (Wildman–Crippen LogP) is 3.78. The third kappa shape index (κ3) is 4.89. The van der Waals surface area contributed by atoms with Crippen LogP contribution in [0.5, 0.6) is 0 Å². The molecule has 3 atom stereocenters. The molecule has 1 aromatic carbocycles. The normalized spacial score (nSPS) is 33.3. The van der Waals surface area contributed by atoms with Crippen LogP contribution in [0, 0.1) is 11.8 Å². The summed E-state index contributed by atoms with van der Waals surface area (Å²) in [7, 11) is 0. The third-order valence-electron chi connectivity index (χ3n) is 10.2. The summed E-state index contributed by atoms with van der Waals surface area (Å²) in [6.45, 7) is 6.36. The summed E-state index contributed by atoms with van der Waals surface area (Å²) in [4.78, 5) is 32.2. The van der Waals surface area contributed by atoms with Gasteiger partial charge in [-0.2, -0.15) is 0 Å². The topological polar surface area (TPSA) is 84.3 Å². The molecular weight excluding hydrogens is 466 g/mol. The van der Waals surface area contributed by atoms with Crippen LogP contribution in [0.3, 0.4) is 0 Å². The number of β-amino-alcohol motifs (C(OH)–C–C–N with tert-alkyl or cyclic N) is 2. The minimum atomic E-state index is -0.908. The van der Waals surface area contributed by atoms with Crippen molar-refractivity contribution in [3.8, 4) is 0 Å². The zero-order valence-electron chi connectivity index (χ0n) is 22.6. The van der Waals surface area contributed by atoms with E-state index >= 15 is 0 Å².